The number of hydrogen-bond donors (Lipinski definition) is 2. The Hall–Kier alpha value is -5.04. The minimum atomic E-state index is -0.700. The molecule has 0 fully saturated rings. The van der Waals surface area contributed by atoms with Gasteiger partial charge in [-0.05, 0) is 55.0 Å². The van der Waals surface area contributed by atoms with Crippen LogP contribution < -0.4 is 15.9 Å². The van der Waals surface area contributed by atoms with E-state index in [0.717, 1.165) is 16.3 Å². The molecule has 0 spiro atoms. The van der Waals surface area contributed by atoms with E-state index in [-0.39, 0.29) is 11.1 Å². The molecule has 7 heteroatoms. The van der Waals surface area contributed by atoms with Crippen LogP contribution in [0.2, 0.25) is 0 Å². The summed E-state index contributed by atoms with van der Waals surface area (Å²) in [7, 11) is 1.61. The largest absolute Gasteiger partial charge is 0.496 e. The predicted molar refractivity (Wildman–Crippen MR) is 154 cm³/mol. The molecule has 194 valence electrons. The fraction of sp³-hybridized carbons (Fsp3) is 0.125. The van der Waals surface area contributed by atoms with Gasteiger partial charge in [-0.1, -0.05) is 66.7 Å². The first kappa shape index (κ1) is 24.3. The smallest absolute Gasteiger partial charge is 0.275 e. The van der Waals surface area contributed by atoms with Gasteiger partial charge in [-0.3, -0.25) is 19.8 Å². The summed E-state index contributed by atoms with van der Waals surface area (Å²) in [6, 6.07) is 30.7. The number of aryl methyl sites for hydroxylation is 2. The molecule has 0 atom stereocenters. The second kappa shape index (κ2) is 9.68. The molecule has 39 heavy (non-hydrogen) atoms. The lowest BCUT2D eigenvalue weighted by Gasteiger charge is -2.21. The van der Waals surface area contributed by atoms with Gasteiger partial charge in [-0.25, -0.2) is 9.36 Å². The highest BCUT2D eigenvalue weighted by Crippen LogP contribution is 2.41. The number of benzene rings is 4. The molecule has 0 saturated carbocycles. The Balaban J connectivity index is 1.71. The first-order valence-corrected chi connectivity index (χ1v) is 12.8. The Labute approximate surface area is 224 Å². The van der Waals surface area contributed by atoms with Gasteiger partial charge in [0.1, 0.15) is 5.75 Å². The Morgan fingerprint density at radius 1 is 0.615 bits per heavy atom. The molecule has 0 radical (unpaired) electrons. The van der Waals surface area contributed by atoms with Crippen LogP contribution in [0.3, 0.4) is 0 Å². The van der Waals surface area contributed by atoms with E-state index in [1.807, 2.05) is 111 Å². The van der Waals surface area contributed by atoms with Crippen LogP contribution in [-0.2, 0) is 0 Å². The van der Waals surface area contributed by atoms with Crippen LogP contribution in [-0.4, -0.2) is 26.7 Å². The van der Waals surface area contributed by atoms with Gasteiger partial charge < -0.3 is 4.74 Å². The fourth-order valence-corrected chi connectivity index (χ4v) is 5.50. The van der Waals surface area contributed by atoms with Crippen LogP contribution in [0.25, 0.3) is 22.1 Å². The molecule has 2 aromatic heterocycles. The maximum Gasteiger partial charge on any atom is 0.275 e. The van der Waals surface area contributed by atoms with Crippen molar-refractivity contribution in [1.82, 2.24) is 19.6 Å². The van der Waals surface area contributed by atoms with Crippen LogP contribution in [0.4, 0.5) is 0 Å². The first-order valence-electron chi connectivity index (χ1n) is 12.8. The first-order chi connectivity index (χ1) is 19.0. The molecule has 0 aliphatic carbocycles. The van der Waals surface area contributed by atoms with Crippen LogP contribution in [0.15, 0.2) is 107 Å². The van der Waals surface area contributed by atoms with Crippen molar-refractivity contribution in [3.63, 3.8) is 0 Å². The van der Waals surface area contributed by atoms with Gasteiger partial charge in [-0.15, -0.1) is 0 Å². The molecule has 2 N–H and O–H groups in total. The summed E-state index contributed by atoms with van der Waals surface area (Å²) < 4.78 is 8.95. The number of aromatic amines is 2. The summed E-state index contributed by atoms with van der Waals surface area (Å²) in [5, 5.41) is 8.42. The van der Waals surface area contributed by atoms with Crippen molar-refractivity contribution in [3.05, 3.63) is 146 Å². The Morgan fingerprint density at radius 2 is 1.10 bits per heavy atom. The van der Waals surface area contributed by atoms with Crippen LogP contribution in [0.5, 0.6) is 5.75 Å². The number of H-pyrrole nitrogens is 2. The van der Waals surface area contributed by atoms with Crippen LogP contribution >= 0.6 is 0 Å². The van der Waals surface area contributed by atoms with Gasteiger partial charge in [-0.2, -0.15) is 0 Å². The monoisotopic (exact) mass is 516 g/mol. The highest BCUT2D eigenvalue weighted by molar-refractivity contribution is 5.89. The second-order valence-electron chi connectivity index (χ2n) is 9.59. The van der Waals surface area contributed by atoms with Crippen LogP contribution in [0, 0.1) is 13.8 Å². The zero-order valence-electron chi connectivity index (χ0n) is 21.9. The van der Waals surface area contributed by atoms with E-state index >= 15 is 0 Å². The minimum Gasteiger partial charge on any atom is -0.496 e. The molecule has 6 aromatic rings. The van der Waals surface area contributed by atoms with Gasteiger partial charge >= 0.3 is 0 Å². The lowest BCUT2D eigenvalue weighted by Crippen LogP contribution is -2.25. The summed E-state index contributed by atoms with van der Waals surface area (Å²) in [4.78, 5) is 28.4. The van der Waals surface area contributed by atoms with E-state index in [9.17, 15) is 9.59 Å². The third-order valence-corrected chi connectivity index (χ3v) is 7.28. The van der Waals surface area contributed by atoms with Crippen molar-refractivity contribution in [2.24, 2.45) is 0 Å². The summed E-state index contributed by atoms with van der Waals surface area (Å²) in [5.74, 6) is -0.0929. The van der Waals surface area contributed by atoms with Gasteiger partial charge in [0.15, 0.2) is 0 Å². The van der Waals surface area contributed by atoms with Gasteiger partial charge in [0.05, 0.1) is 35.5 Å². The number of ether oxygens (including phenoxy) is 1. The maximum atomic E-state index is 14.2. The van der Waals surface area contributed by atoms with Crippen molar-refractivity contribution < 1.29 is 4.74 Å². The normalized spacial score (nSPS) is 11.4. The van der Waals surface area contributed by atoms with Crippen molar-refractivity contribution in [2.75, 3.05) is 7.11 Å². The van der Waals surface area contributed by atoms with Crippen molar-refractivity contribution in [3.8, 4) is 17.1 Å². The predicted octanol–water partition coefficient (Wildman–Crippen LogP) is 5.60. The number of nitrogens with zero attached hydrogens (tertiary/aromatic N) is 2. The zero-order valence-corrected chi connectivity index (χ0v) is 21.9. The van der Waals surface area contributed by atoms with Crippen molar-refractivity contribution in [1.29, 1.82) is 0 Å². The zero-order chi connectivity index (χ0) is 27.1. The van der Waals surface area contributed by atoms with Gasteiger partial charge in [0.25, 0.3) is 11.1 Å². The van der Waals surface area contributed by atoms with E-state index in [0.29, 0.717) is 39.6 Å². The molecule has 2 heterocycles. The second-order valence-corrected chi connectivity index (χ2v) is 9.59. The lowest BCUT2D eigenvalue weighted by molar-refractivity contribution is 0.410. The molecule has 0 aliphatic heterocycles. The van der Waals surface area contributed by atoms with Crippen LogP contribution in [0.1, 0.15) is 34.0 Å². The van der Waals surface area contributed by atoms with E-state index in [2.05, 4.69) is 10.2 Å². The minimum absolute atomic E-state index is 0.218. The summed E-state index contributed by atoms with van der Waals surface area (Å²) in [6.45, 7) is 3.75. The number of methoxy groups -OCH3 is 1. The highest BCUT2D eigenvalue weighted by Gasteiger charge is 2.34. The number of aromatic nitrogens is 4. The van der Waals surface area contributed by atoms with Gasteiger partial charge in [0.2, 0.25) is 0 Å². The number of nitrogens with one attached hydrogen (secondary N) is 2. The molecule has 0 amide bonds. The molecular formula is C32H28N4O3. The average molecular weight is 517 g/mol. The lowest BCUT2D eigenvalue weighted by atomic mass is 9.82. The number of hydrogen-bond acceptors (Lipinski definition) is 3. The Morgan fingerprint density at radius 3 is 1.62 bits per heavy atom. The molecule has 0 unspecified atom stereocenters. The molecule has 0 saturated heterocycles. The van der Waals surface area contributed by atoms with E-state index < -0.39 is 5.92 Å². The van der Waals surface area contributed by atoms with Gasteiger partial charge in [0, 0.05) is 17.0 Å². The summed E-state index contributed by atoms with van der Waals surface area (Å²) in [5.41, 5.74) is 4.11. The molecule has 0 bridgehead atoms. The van der Waals surface area contributed by atoms with E-state index in [1.165, 1.54) is 9.36 Å². The van der Waals surface area contributed by atoms with Crippen molar-refractivity contribution >= 4 is 10.8 Å². The highest BCUT2D eigenvalue weighted by atomic mass is 16.5. The Bertz CT molecular complexity index is 1810. The van der Waals surface area contributed by atoms with E-state index in [4.69, 9.17) is 4.74 Å². The number of rotatable bonds is 6. The molecule has 6 rings (SSSR count). The Kier molecular flexibility index (Phi) is 6.04. The maximum absolute atomic E-state index is 14.2. The average Bonchev–Trinajstić information content (AvgIpc) is 3.44. The third-order valence-electron chi connectivity index (χ3n) is 7.28. The molecule has 7 nitrogen and oxygen atoms in total. The summed E-state index contributed by atoms with van der Waals surface area (Å²) in [6.07, 6.45) is 0. The number of para-hydroxylation sites is 2. The van der Waals surface area contributed by atoms with E-state index in [1.54, 1.807) is 7.11 Å². The third kappa shape index (κ3) is 3.99. The summed E-state index contributed by atoms with van der Waals surface area (Å²) >= 11 is 0. The topological polar surface area (TPSA) is 84.8 Å². The molecular weight excluding hydrogens is 488 g/mol. The molecule has 4 aromatic carbocycles. The van der Waals surface area contributed by atoms with Crippen molar-refractivity contribution in [2.45, 2.75) is 19.8 Å². The number of fused-ring (bicyclic) bond motifs is 1. The fourth-order valence-electron chi connectivity index (χ4n) is 5.50. The quantitative estimate of drug-likeness (QED) is 0.302. The molecule has 0 aliphatic rings. The standard InChI is InChI=1S/C32H28N4O3/c1-20-27(31(37)35(33-20)23-13-6-4-7-14-23)30(29-25-17-11-10-12-22(25)18-19-26(29)39-3)28-21(2)34-36(32(28)38)24-15-8-5-9-16-24/h4-19,30,33-34H,1-3H3. The SMILES string of the molecule is COc1ccc2ccccc2c1C(c1c(C)[nH]n(-c2ccccc2)c1=O)c1c(C)[nH]n(-c2ccccc2)c1=O.